The van der Waals surface area contributed by atoms with Gasteiger partial charge in [-0.1, -0.05) is 32.0 Å². The van der Waals surface area contributed by atoms with Crippen LogP contribution in [0.15, 0.2) is 53.9 Å². The van der Waals surface area contributed by atoms with E-state index in [4.69, 9.17) is 14.5 Å². The van der Waals surface area contributed by atoms with Crippen LogP contribution in [0.5, 0.6) is 11.5 Å². The Morgan fingerprint density at radius 3 is 2.42 bits per heavy atom. The van der Waals surface area contributed by atoms with E-state index < -0.39 is 0 Å². The second-order valence-corrected chi connectivity index (χ2v) is 8.91. The van der Waals surface area contributed by atoms with Crippen LogP contribution in [0.25, 0.3) is 0 Å². The van der Waals surface area contributed by atoms with E-state index in [1.807, 2.05) is 42.3 Å². The fourth-order valence-corrected chi connectivity index (χ4v) is 3.98. The summed E-state index contributed by atoms with van der Waals surface area (Å²) < 4.78 is 11.2. The number of amides is 1. The molecule has 0 radical (unpaired) electrons. The summed E-state index contributed by atoms with van der Waals surface area (Å²) >= 11 is 1.56. The minimum Gasteiger partial charge on any atom is -0.497 e. The highest BCUT2D eigenvalue weighted by Crippen LogP contribution is 2.27. The Labute approximate surface area is 188 Å². The van der Waals surface area contributed by atoms with Gasteiger partial charge in [0, 0.05) is 17.0 Å². The highest BCUT2D eigenvalue weighted by molar-refractivity contribution is 7.09. The molecule has 2 aromatic carbocycles. The van der Waals surface area contributed by atoms with Crippen molar-refractivity contribution in [1.29, 1.82) is 0 Å². The third kappa shape index (κ3) is 5.85. The van der Waals surface area contributed by atoms with Gasteiger partial charge in [0.1, 0.15) is 23.1 Å². The minimum absolute atomic E-state index is 0.0192. The molecule has 0 bridgehead atoms. The van der Waals surface area contributed by atoms with Gasteiger partial charge in [0.25, 0.3) is 5.91 Å². The van der Waals surface area contributed by atoms with Gasteiger partial charge in [0.05, 0.1) is 19.3 Å². The van der Waals surface area contributed by atoms with Gasteiger partial charge >= 0.3 is 0 Å². The van der Waals surface area contributed by atoms with Crippen molar-refractivity contribution in [2.75, 3.05) is 7.11 Å². The van der Waals surface area contributed by atoms with Crippen molar-refractivity contribution in [1.82, 2.24) is 9.88 Å². The second kappa shape index (κ2) is 10.4. The van der Waals surface area contributed by atoms with Crippen LogP contribution in [0.4, 0.5) is 0 Å². The van der Waals surface area contributed by atoms with E-state index in [0.717, 1.165) is 22.2 Å². The van der Waals surface area contributed by atoms with Crippen molar-refractivity contribution < 1.29 is 14.3 Å². The van der Waals surface area contributed by atoms with Gasteiger partial charge in [0.2, 0.25) is 0 Å². The number of carbonyl (C=O) groups is 1. The molecule has 1 aromatic heterocycles. The quantitative estimate of drug-likeness (QED) is 0.417. The molecule has 0 aliphatic heterocycles. The maximum absolute atomic E-state index is 13.0. The first kappa shape index (κ1) is 22.8. The van der Waals surface area contributed by atoms with Gasteiger partial charge in [-0.3, -0.25) is 4.79 Å². The minimum atomic E-state index is -0.0192. The molecule has 3 rings (SSSR count). The Morgan fingerprint density at radius 1 is 1.06 bits per heavy atom. The predicted molar refractivity (Wildman–Crippen MR) is 125 cm³/mol. The lowest BCUT2D eigenvalue weighted by atomic mass is 10.0. The molecule has 1 amide bonds. The van der Waals surface area contributed by atoms with E-state index in [9.17, 15) is 4.79 Å². The fraction of sp³-hybridized carbons (Fsp3) is 0.360. The lowest BCUT2D eigenvalue weighted by molar-refractivity contribution is 0.0688. The summed E-state index contributed by atoms with van der Waals surface area (Å²) in [5.74, 6) is 2.00. The number of thiazole rings is 1. The van der Waals surface area contributed by atoms with Crippen LogP contribution < -0.4 is 9.47 Å². The van der Waals surface area contributed by atoms with Gasteiger partial charge in [0.15, 0.2) is 0 Å². The first-order valence-corrected chi connectivity index (χ1v) is 11.4. The predicted octanol–water partition coefficient (Wildman–Crippen LogP) is 5.90. The summed E-state index contributed by atoms with van der Waals surface area (Å²) in [6, 6.07) is 15.4. The Kier molecular flexibility index (Phi) is 7.69. The molecule has 0 spiro atoms. The third-order valence-corrected chi connectivity index (χ3v) is 5.92. The molecule has 0 aliphatic rings. The Bertz CT molecular complexity index is 996. The van der Waals surface area contributed by atoms with Gasteiger partial charge in [-0.25, -0.2) is 4.98 Å². The second-order valence-electron chi connectivity index (χ2n) is 7.97. The molecule has 6 heteroatoms. The van der Waals surface area contributed by atoms with E-state index >= 15 is 0 Å². The smallest absolute Gasteiger partial charge is 0.254 e. The zero-order valence-electron chi connectivity index (χ0n) is 18.8. The lowest BCUT2D eigenvalue weighted by Crippen LogP contribution is -2.36. The SMILES string of the molecule is COc1ccc(C(=O)N(Cc2csc(COc3ccccc3C(C)C)n2)C(C)C)cc1. The summed E-state index contributed by atoms with van der Waals surface area (Å²) in [6.45, 7) is 9.22. The number of ether oxygens (including phenoxy) is 2. The summed E-state index contributed by atoms with van der Waals surface area (Å²) in [5.41, 5.74) is 2.70. The van der Waals surface area contributed by atoms with Gasteiger partial charge < -0.3 is 14.4 Å². The van der Waals surface area contributed by atoms with Crippen molar-refractivity contribution in [2.24, 2.45) is 0 Å². The Balaban J connectivity index is 1.67. The molecule has 1 heterocycles. The molecule has 31 heavy (non-hydrogen) atoms. The first-order chi connectivity index (χ1) is 14.9. The zero-order chi connectivity index (χ0) is 22.4. The molecule has 0 N–H and O–H groups in total. The molecule has 0 fully saturated rings. The Hall–Kier alpha value is -2.86. The number of benzene rings is 2. The number of hydrogen-bond donors (Lipinski definition) is 0. The monoisotopic (exact) mass is 438 g/mol. The van der Waals surface area contributed by atoms with Gasteiger partial charge in [-0.05, 0) is 55.7 Å². The highest BCUT2D eigenvalue weighted by atomic mass is 32.1. The first-order valence-electron chi connectivity index (χ1n) is 10.5. The fourth-order valence-electron chi connectivity index (χ4n) is 3.28. The van der Waals surface area contributed by atoms with E-state index in [1.165, 1.54) is 5.56 Å². The maximum atomic E-state index is 13.0. The maximum Gasteiger partial charge on any atom is 0.254 e. The zero-order valence-corrected chi connectivity index (χ0v) is 19.6. The topological polar surface area (TPSA) is 51.7 Å². The Morgan fingerprint density at radius 2 is 1.77 bits per heavy atom. The lowest BCUT2D eigenvalue weighted by Gasteiger charge is -2.26. The van der Waals surface area contributed by atoms with Crippen molar-refractivity contribution >= 4 is 17.2 Å². The molecule has 0 saturated carbocycles. The van der Waals surface area contributed by atoms with E-state index in [-0.39, 0.29) is 11.9 Å². The van der Waals surface area contributed by atoms with E-state index in [2.05, 4.69) is 19.9 Å². The van der Waals surface area contributed by atoms with Crippen molar-refractivity contribution in [2.45, 2.75) is 52.8 Å². The molecular weight excluding hydrogens is 408 g/mol. The van der Waals surface area contributed by atoms with Crippen LogP contribution in [0.1, 0.15) is 60.2 Å². The molecule has 0 saturated heterocycles. The summed E-state index contributed by atoms with van der Waals surface area (Å²) in [6.07, 6.45) is 0. The summed E-state index contributed by atoms with van der Waals surface area (Å²) in [4.78, 5) is 19.6. The van der Waals surface area contributed by atoms with Crippen LogP contribution in [-0.4, -0.2) is 28.9 Å². The van der Waals surface area contributed by atoms with Gasteiger partial charge in [-0.15, -0.1) is 11.3 Å². The number of carbonyl (C=O) groups excluding carboxylic acids is 1. The molecule has 0 atom stereocenters. The van der Waals surface area contributed by atoms with Crippen LogP contribution in [0, 0.1) is 0 Å². The van der Waals surface area contributed by atoms with Crippen LogP contribution in [-0.2, 0) is 13.2 Å². The number of methoxy groups -OCH3 is 1. The standard InChI is InChI=1S/C25H30N2O3S/c1-17(2)22-8-6-7-9-23(22)30-15-24-26-20(16-31-24)14-27(18(3)4)25(28)19-10-12-21(29-5)13-11-19/h6-13,16-18H,14-15H2,1-5H3. The number of para-hydroxylation sites is 1. The molecule has 5 nitrogen and oxygen atoms in total. The van der Waals surface area contributed by atoms with Crippen LogP contribution >= 0.6 is 11.3 Å². The summed E-state index contributed by atoms with van der Waals surface area (Å²) in [7, 11) is 1.61. The molecule has 3 aromatic rings. The number of hydrogen-bond acceptors (Lipinski definition) is 5. The van der Waals surface area contributed by atoms with E-state index in [0.29, 0.717) is 24.6 Å². The normalized spacial score (nSPS) is 11.1. The van der Waals surface area contributed by atoms with E-state index in [1.54, 1.807) is 42.7 Å². The molecular formula is C25H30N2O3S. The molecule has 0 aliphatic carbocycles. The van der Waals surface area contributed by atoms with Crippen LogP contribution in [0.3, 0.4) is 0 Å². The van der Waals surface area contributed by atoms with Gasteiger partial charge in [-0.2, -0.15) is 0 Å². The van der Waals surface area contributed by atoms with Crippen molar-refractivity contribution in [3.63, 3.8) is 0 Å². The number of aromatic nitrogens is 1. The average molecular weight is 439 g/mol. The van der Waals surface area contributed by atoms with Crippen LogP contribution in [0.2, 0.25) is 0 Å². The molecule has 0 unspecified atom stereocenters. The average Bonchev–Trinajstić information content (AvgIpc) is 3.23. The largest absolute Gasteiger partial charge is 0.497 e. The number of rotatable bonds is 9. The van der Waals surface area contributed by atoms with Crippen molar-refractivity contribution in [3.8, 4) is 11.5 Å². The number of nitrogens with zero attached hydrogens (tertiary/aromatic N) is 2. The summed E-state index contributed by atoms with van der Waals surface area (Å²) in [5, 5.41) is 2.90. The highest BCUT2D eigenvalue weighted by Gasteiger charge is 2.20. The van der Waals surface area contributed by atoms with Crippen molar-refractivity contribution in [3.05, 3.63) is 75.7 Å². The molecule has 164 valence electrons. The third-order valence-electron chi connectivity index (χ3n) is 5.04.